The standard InChI is InChI=1S/C6H5F3N2.HNO3/c7-3-1-2-4(8)6(11-10)5(3)9;2-1(3)4/h1-2,11H,10H2;(H,2,3,4). The van der Waals surface area contributed by atoms with Crippen LogP contribution in [0.3, 0.4) is 0 Å². The van der Waals surface area contributed by atoms with Crippen LogP contribution in [-0.4, -0.2) is 10.3 Å². The fourth-order valence-corrected chi connectivity index (χ4v) is 0.659. The van der Waals surface area contributed by atoms with Gasteiger partial charge in [0, 0.05) is 0 Å². The lowest BCUT2D eigenvalue weighted by Gasteiger charge is -2.02. The SMILES string of the molecule is NNc1c(F)ccc(F)c1F.O=[N+]([O-])O. The minimum absolute atomic E-state index is 0.662. The minimum Gasteiger partial charge on any atom is -0.328 e. The third-order valence-corrected chi connectivity index (χ3v) is 1.19. The number of nitrogen functional groups attached to an aromatic ring is 1. The van der Waals surface area contributed by atoms with Gasteiger partial charge in [0.05, 0.1) is 0 Å². The molecule has 0 aromatic heterocycles. The van der Waals surface area contributed by atoms with Crippen molar-refractivity contribution in [2.45, 2.75) is 0 Å². The number of hydrazine groups is 1. The van der Waals surface area contributed by atoms with Crippen LogP contribution in [0.4, 0.5) is 18.9 Å². The predicted molar refractivity (Wildman–Crippen MR) is 42.9 cm³/mol. The van der Waals surface area contributed by atoms with Gasteiger partial charge >= 0.3 is 0 Å². The minimum atomic E-state index is -1.50. The topological polar surface area (TPSA) is 101 Å². The van der Waals surface area contributed by atoms with Crippen LogP contribution in [0.15, 0.2) is 12.1 Å². The Labute approximate surface area is 81.2 Å². The van der Waals surface area contributed by atoms with Crippen LogP contribution >= 0.6 is 0 Å². The molecule has 1 rings (SSSR count). The molecule has 0 radical (unpaired) electrons. The number of rotatable bonds is 1. The summed E-state index contributed by atoms with van der Waals surface area (Å²) in [6, 6.07) is 1.47. The van der Waals surface area contributed by atoms with Gasteiger partial charge in [0.2, 0.25) is 0 Å². The van der Waals surface area contributed by atoms with Gasteiger partial charge in [-0.3, -0.25) is 5.84 Å². The molecule has 4 N–H and O–H groups in total. The molecule has 84 valence electrons. The molecule has 15 heavy (non-hydrogen) atoms. The fraction of sp³-hybridized carbons (Fsp3) is 0. The summed E-state index contributed by atoms with van der Waals surface area (Å²) in [4.78, 5) is 8.36. The summed E-state index contributed by atoms with van der Waals surface area (Å²) < 4.78 is 37.3. The second-order valence-corrected chi connectivity index (χ2v) is 2.10. The van der Waals surface area contributed by atoms with Crippen LogP contribution in [0.25, 0.3) is 0 Å². The molecular formula is C6H6F3N3O3. The first kappa shape index (κ1) is 13.0. The Morgan fingerprint density at radius 3 is 2.07 bits per heavy atom. The Hall–Kier alpha value is -2.03. The van der Waals surface area contributed by atoms with E-state index in [9.17, 15) is 13.2 Å². The fourth-order valence-electron chi connectivity index (χ4n) is 0.659. The van der Waals surface area contributed by atoms with Crippen molar-refractivity contribution in [3.8, 4) is 0 Å². The van der Waals surface area contributed by atoms with Crippen LogP contribution in [0, 0.1) is 27.6 Å². The van der Waals surface area contributed by atoms with Crippen molar-refractivity contribution in [1.29, 1.82) is 0 Å². The van der Waals surface area contributed by atoms with E-state index in [1.165, 1.54) is 0 Å². The lowest BCUT2D eigenvalue weighted by atomic mass is 10.3. The van der Waals surface area contributed by atoms with Crippen molar-refractivity contribution in [3.63, 3.8) is 0 Å². The average molecular weight is 225 g/mol. The number of hydrogen-bond acceptors (Lipinski definition) is 4. The summed E-state index contributed by atoms with van der Waals surface area (Å²) in [5.74, 6) is 1.35. The highest BCUT2D eigenvalue weighted by Crippen LogP contribution is 2.19. The van der Waals surface area contributed by atoms with Gasteiger partial charge < -0.3 is 10.6 Å². The Bertz CT molecular complexity index is 357. The maximum Gasteiger partial charge on any atom is 0.291 e. The van der Waals surface area contributed by atoms with E-state index in [4.69, 9.17) is 21.2 Å². The van der Waals surface area contributed by atoms with E-state index < -0.39 is 28.2 Å². The molecular weight excluding hydrogens is 219 g/mol. The zero-order valence-corrected chi connectivity index (χ0v) is 7.08. The van der Waals surface area contributed by atoms with Crippen LogP contribution in [0.2, 0.25) is 0 Å². The maximum atomic E-state index is 12.5. The molecule has 0 spiro atoms. The predicted octanol–water partition coefficient (Wildman–Crippen LogP) is 1.04. The van der Waals surface area contributed by atoms with Gasteiger partial charge in [-0.25, -0.2) is 13.2 Å². The molecule has 0 heterocycles. The zero-order valence-electron chi connectivity index (χ0n) is 7.08. The van der Waals surface area contributed by atoms with Gasteiger partial charge in [0.1, 0.15) is 5.69 Å². The van der Waals surface area contributed by atoms with Gasteiger partial charge in [0.25, 0.3) is 5.09 Å². The van der Waals surface area contributed by atoms with Crippen LogP contribution in [0.5, 0.6) is 0 Å². The molecule has 0 saturated heterocycles. The molecule has 0 aliphatic carbocycles. The molecule has 0 amide bonds. The van der Waals surface area contributed by atoms with Crippen molar-refractivity contribution < 1.29 is 23.5 Å². The third kappa shape index (κ3) is 4.13. The summed E-state index contributed by atoms with van der Waals surface area (Å²) in [5.41, 5.74) is 1.05. The number of nitrogens with one attached hydrogen (secondary N) is 1. The smallest absolute Gasteiger partial charge is 0.291 e. The third-order valence-electron chi connectivity index (χ3n) is 1.19. The lowest BCUT2D eigenvalue weighted by Crippen LogP contribution is -2.11. The summed E-state index contributed by atoms with van der Waals surface area (Å²) in [5, 5.41) is 13.6. The van der Waals surface area contributed by atoms with Gasteiger partial charge in [0.15, 0.2) is 17.5 Å². The molecule has 0 aliphatic rings. The van der Waals surface area contributed by atoms with Crippen LogP contribution < -0.4 is 11.3 Å². The Kier molecular flexibility index (Phi) is 4.88. The Morgan fingerprint density at radius 2 is 1.73 bits per heavy atom. The Balaban J connectivity index is 0.000000423. The second kappa shape index (κ2) is 5.65. The molecule has 9 heteroatoms. The molecule has 0 unspecified atom stereocenters. The van der Waals surface area contributed by atoms with Crippen LogP contribution in [0.1, 0.15) is 0 Å². The highest BCUT2D eigenvalue weighted by atomic mass is 19.2. The molecule has 0 saturated carbocycles. The molecule has 1 aromatic rings. The van der Waals surface area contributed by atoms with Crippen molar-refractivity contribution >= 4 is 5.69 Å². The number of halogens is 3. The molecule has 1 aromatic carbocycles. The van der Waals surface area contributed by atoms with E-state index in [1.54, 1.807) is 5.43 Å². The first-order valence-electron chi connectivity index (χ1n) is 3.33. The second-order valence-electron chi connectivity index (χ2n) is 2.10. The summed E-state index contributed by atoms with van der Waals surface area (Å²) in [7, 11) is 0. The molecule has 0 aliphatic heterocycles. The van der Waals surface area contributed by atoms with Gasteiger partial charge in [-0.1, -0.05) is 0 Å². The van der Waals surface area contributed by atoms with E-state index in [0.29, 0.717) is 6.07 Å². The largest absolute Gasteiger partial charge is 0.328 e. The molecule has 0 fully saturated rings. The number of benzene rings is 1. The van der Waals surface area contributed by atoms with E-state index in [1.807, 2.05) is 0 Å². The van der Waals surface area contributed by atoms with Crippen LogP contribution in [-0.2, 0) is 0 Å². The first-order valence-corrected chi connectivity index (χ1v) is 3.33. The van der Waals surface area contributed by atoms with Gasteiger partial charge in [-0.05, 0) is 12.1 Å². The monoisotopic (exact) mass is 225 g/mol. The van der Waals surface area contributed by atoms with Crippen molar-refractivity contribution in [3.05, 3.63) is 39.7 Å². The quantitative estimate of drug-likeness (QED) is 0.287. The van der Waals surface area contributed by atoms with Gasteiger partial charge in [-0.15, -0.1) is 10.1 Å². The summed E-state index contributed by atoms with van der Waals surface area (Å²) in [6.07, 6.45) is 0. The molecule has 6 nitrogen and oxygen atoms in total. The first-order chi connectivity index (χ1) is 6.90. The van der Waals surface area contributed by atoms with Gasteiger partial charge in [-0.2, -0.15) is 0 Å². The normalized spacial score (nSPS) is 8.80. The lowest BCUT2D eigenvalue weighted by molar-refractivity contribution is -0.742. The number of nitrogens with zero attached hydrogens (tertiary/aromatic N) is 1. The number of hydrogen-bond donors (Lipinski definition) is 3. The van der Waals surface area contributed by atoms with Crippen molar-refractivity contribution in [2.24, 2.45) is 5.84 Å². The molecule has 0 atom stereocenters. The Morgan fingerprint density at radius 1 is 1.33 bits per heavy atom. The van der Waals surface area contributed by atoms with E-state index in [0.717, 1.165) is 6.07 Å². The average Bonchev–Trinajstić information content (AvgIpc) is 2.12. The van der Waals surface area contributed by atoms with Crippen molar-refractivity contribution in [1.82, 2.24) is 0 Å². The summed E-state index contributed by atoms with van der Waals surface area (Å²) >= 11 is 0. The van der Waals surface area contributed by atoms with E-state index >= 15 is 0 Å². The van der Waals surface area contributed by atoms with E-state index in [2.05, 4.69) is 0 Å². The summed E-state index contributed by atoms with van der Waals surface area (Å²) in [6.45, 7) is 0. The number of nitrogens with two attached hydrogens (primary N) is 1. The zero-order chi connectivity index (χ0) is 12.0. The highest BCUT2D eigenvalue weighted by molar-refractivity contribution is 5.45. The van der Waals surface area contributed by atoms with E-state index in [-0.39, 0.29) is 0 Å². The highest BCUT2D eigenvalue weighted by Gasteiger charge is 2.11. The number of anilines is 1. The maximum absolute atomic E-state index is 12.5. The van der Waals surface area contributed by atoms with Crippen molar-refractivity contribution in [2.75, 3.05) is 5.43 Å². The molecule has 0 bridgehead atoms.